The zero-order valence-electron chi connectivity index (χ0n) is 13.4. The van der Waals surface area contributed by atoms with Gasteiger partial charge >= 0.3 is 0 Å². The Balaban J connectivity index is 1.57. The molecule has 3 aromatic rings. The summed E-state index contributed by atoms with van der Waals surface area (Å²) in [7, 11) is 0. The van der Waals surface area contributed by atoms with Crippen molar-refractivity contribution in [1.82, 2.24) is 9.97 Å². The standard InChI is InChI=1S/C18H15ClN4O2/c1-11-20-17(22-13-4-2-3-12(19)7-13)9-18(21-11)23-14-5-6-15-16(8-14)25-10-24-15/h2-9H,10H2,1H3,(H2,20,21,22,23). The molecule has 0 aliphatic carbocycles. The largest absolute Gasteiger partial charge is 0.454 e. The molecule has 2 aromatic carbocycles. The van der Waals surface area contributed by atoms with Crippen molar-refractivity contribution in [2.75, 3.05) is 17.4 Å². The van der Waals surface area contributed by atoms with E-state index in [9.17, 15) is 0 Å². The van der Waals surface area contributed by atoms with Crippen molar-refractivity contribution in [2.24, 2.45) is 0 Å². The van der Waals surface area contributed by atoms with Gasteiger partial charge in [0.1, 0.15) is 17.5 Å². The van der Waals surface area contributed by atoms with Crippen LogP contribution in [-0.2, 0) is 0 Å². The zero-order chi connectivity index (χ0) is 17.2. The average molecular weight is 355 g/mol. The number of fused-ring (bicyclic) bond motifs is 1. The highest BCUT2D eigenvalue weighted by molar-refractivity contribution is 6.30. The highest BCUT2D eigenvalue weighted by Gasteiger charge is 2.13. The van der Waals surface area contributed by atoms with Gasteiger partial charge in [-0.3, -0.25) is 0 Å². The van der Waals surface area contributed by atoms with Crippen LogP contribution in [0.4, 0.5) is 23.0 Å². The zero-order valence-corrected chi connectivity index (χ0v) is 14.2. The smallest absolute Gasteiger partial charge is 0.231 e. The topological polar surface area (TPSA) is 68.3 Å². The summed E-state index contributed by atoms with van der Waals surface area (Å²) in [6.07, 6.45) is 0. The molecule has 0 fully saturated rings. The van der Waals surface area contributed by atoms with Crippen molar-refractivity contribution >= 4 is 34.6 Å². The Hall–Kier alpha value is -2.99. The lowest BCUT2D eigenvalue weighted by molar-refractivity contribution is 0.174. The molecule has 0 bridgehead atoms. The van der Waals surface area contributed by atoms with Crippen molar-refractivity contribution in [3.05, 3.63) is 59.4 Å². The molecule has 1 aliphatic heterocycles. The number of rotatable bonds is 4. The summed E-state index contributed by atoms with van der Waals surface area (Å²) in [4.78, 5) is 8.83. The van der Waals surface area contributed by atoms with Crippen LogP contribution in [0.25, 0.3) is 0 Å². The Morgan fingerprint density at radius 3 is 2.36 bits per heavy atom. The number of nitrogens with zero attached hydrogens (tertiary/aromatic N) is 2. The van der Waals surface area contributed by atoms with E-state index in [0.717, 1.165) is 17.1 Å². The minimum atomic E-state index is 0.249. The lowest BCUT2D eigenvalue weighted by Crippen LogP contribution is -2.01. The van der Waals surface area contributed by atoms with Crippen LogP contribution in [-0.4, -0.2) is 16.8 Å². The third kappa shape index (κ3) is 3.59. The fourth-order valence-corrected chi connectivity index (χ4v) is 2.72. The third-order valence-electron chi connectivity index (χ3n) is 3.58. The summed E-state index contributed by atoms with van der Waals surface area (Å²) in [6, 6.07) is 15.0. The van der Waals surface area contributed by atoms with Gasteiger partial charge in [0.05, 0.1) is 0 Å². The first-order chi connectivity index (χ1) is 12.2. The Labute approximate surface area is 149 Å². The van der Waals surface area contributed by atoms with Crippen LogP contribution in [0.15, 0.2) is 48.5 Å². The third-order valence-corrected chi connectivity index (χ3v) is 3.82. The Kier molecular flexibility index (Phi) is 4.03. The minimum Gasteiger partial charge on any atom is -0.454 e. The molecule has 0 atom stereocenters. The normalized spacial score (nSPS) is 12.1. The van der Waals surface area contributed by atoms with Gasteiger partial charge in [0.25, 0.3) is 0 Å². The SMILES string of the molecule is Cc1nc(Nc2cccc(Cl)c2)cc(Nc2ccc3c(c2)OCO3)n1. The first kappa shape index (κ1) is 15.5. The Morgan fingerprint density at radius 2 is 1.60 bits per heavy atom. The van der Waals surface area contributed by atoms with E-state index < -0.39 is 0 Å². The first-order valence-corrected chi connectivity index (χ1v) is 8.08. The number of benzene rings is 2. The van der Waals surface area contributed by atoms with Crippen LogP contribution >= 0.6 is 11.6 Å². The van der Waals surface area contributed by atoms with Gasteiger partial charge in [0.15, 0.2) is 11.5 Å². The highest BCUT2D eigenvalue weighted by atomic mass is 35.5. The predicted molar refractivity (Wildman–Crippen MR) is 97.4 cm³/mol. The molecule has 0 radical (unpaired) electrons. The number of anilines is 4. The number of hydrogen-bond donors (Lipinski definition) is 2. The van der Waals surface area contributed by atoms with Crippen LogP contribution in [0, 0.1) is 6.92 Å². The molecule has 0 saturated carbocycles. The van der Waals surface area contributed by atoms with Crippen LogP contribution in [0.2, 0.25) is 5.02 Å². The van der Waals surface area contributed by atoms with Crippen molar-refractivity contribution in [2.45, 2.75) is 6.92 Å². The van der Waals surface area contributed by atoms with Crippen molar-refractivity contribution in [1.29, 1.82) is 0 Å². The van der Waals surface area contributed by atoms with Crippen LogP contribution in [0.5, 0.6) is 11.5 Å². The molecule has 7 heteroatoms. The maximum absolute atomic E-state index is 6.02. The van der Waals surface area contributed by atoms with Gasteiger partial charge < -0.3 is 20.1 Å². The van der Waals surface area contributed by atoms with E-state index in [0.29, 0.717) is 28.2 Å². The molecule has 0 unspecified atom stereocenters. The molecular weight excluding hydrogens is 340 g/mol. The van der Waals surface area contributed by atoms with Gasteiger partial charge in [-0.15, -0.1) is 0 Å². The van der Waals surface area contributed by atoms with Crippen LogP contribution in [0.3, 0.4) is 0 Å². The molecule has 6 nitrogen and oxygen atoms in total. The van der Waals surface area contributed by atoms with E-state index in [1.54, 1.807) is 0 Å². The molecular formula is C18H15ClN4O2. The van der Waals surface area contributed by atoms with E-state index in [2.05, 4.69) is 20.6 Å². The van der Waals surface area contributed by atoms with Crippen molar-refractivity contribution in [3.8, 4) is 11.5 Å². The molecule has 2 N–H and O–H groups in total. The molecule has 0 spiro atoms. The van der Waals surface area contributed by atoms with Gasteiger partial charge in [-0.05, 0) is 37.3 Å². The molecule has 1 aliphatic rings. The van der Waals surface area contributed by atoms with Crippen LogP contribution in [0.1, 0.15) is 5.82 Å². The number of hydrogen-bond acceptors (Lipinski definition) is 6. The van der Waals surface area contributed by atoms with E-state index in [1.165, 1.54) is 0 Å². The second-order valence-corrected chi connectivity index (χ2v) is 5.95. The highest BCUT2D eigenvalue weighted by Crippen LogP contribution is 2.35. The monoisotopic (exact) mass is 354 g/mol. The van der Waals surface area contributed by atoms with Crippen LogP contribution < -0.4 is 20.1 Å². The van der Waals surface area contributed by atoms with E-state index >= 15 is 0 Å². The number of aryl methyl sites for hydroxylation is 1. The van der Waals surface area contributed by atoms with Gasteiger partial charge in [-0.1, -0.05) is 17.7 Å². The predicted octanol–water partition coefficient (Wildman–Crippen LogP) is 4.65. The van der Waals surface area contributed by atoms with Gasteiger partial charge in [0, 0.05) is 28.5 Å². The minimum absolute atomic E-state index is 0.249. The second kappa shape index (κ2) is 6.49. The van der Waals surface area contributed by atoms with Gasteiger partial charge in [-0.2, -0.15) is 0 Å². The second-order valence-electron chi connectivity index (χ2n) is 5.51. The van der Waals surface area contributed by atoms with Crippen molar-refractivity contribution in [3.63, 3.8) is 0 Å². The summed E-state index contributed by atoms with van der Waals surface area (Å²) in [5.41, 5.74) is 1.72. The Bertz CT molecular complexity index is 933. The van der Waals surface area contributed by atoms with Crippen molar-refractivity contribution < 1.29 is 9.47 Å². The molecule has 1 aromatic heterocycles. The van der Waals surface area contributed by atoms with E-state index in [4.69, 9.17) is 21.1 Å². The summed E-state index contributed by atoms with van der Waals surface area (Å²) in [5, 5.41) is 7.15. The Morgan fingerprint density at radius 1 is 0.880 bits per heavy atom. The number of ether oxygens (including phenoxy) is 2. The van der Waals surface area contributed by atoms with E-state index in [1.807, 2.05) is 55.5 Å². The molecule has 126 valence electrons. The lowest BCUT2D eigenvalue weighted by Gasteiger charge is -2.11. The fourth-order valence-electron chi connectivity index (χ4n) is 2.53. The molecule has 0 amide bonds. The van der Waals surface area contributed by atoms with Gasteiger partial charge in [-0.25, -0.2) is 9.97 Å². The molecule has 25 heavy (non-hydrogen) atoms. The maximum atomic E-state index is 6.02. The summed E-state index contributed by atoms with van der Waals surface area (Å²) in [5.74, 6) is 3.46. The maximum Gasteiger partial charge on any atom is 0.231 e. The number of halogens is 1. The van der Waals surface area contributed by atoms with Gasteiger partial charge in [0.2, 0.25) is 6.79 Å². The fraction of sp³-hybridized carbons (Fsp3) is 0.111. The summed E-state index contributed by atoms with van der Waals surface area (Å²) < 4.78 is 10.7. The first-order valence-electron chi connectivity index (χ1n) is 7.71. The molecule has 4 rings (SSSR count). The lowest BCUT2D eigenvalue weighted by atomic mass is 10.2. The summed E-state index contributed by atoms with van der Waals surface area (Å²) in [6.45, 7) is 2.09. The number of nitrogens with one attached hydrogen (secondary N) is 2. The molecule has 0 saturated heterocycles. The average Bonchev–Trinajstić information content (AvgIpc) is 3.02. The quantitative estimate of drug-likeness (QED) is 0.710. The summed E-state index contributed by atoms with van der Waals surface area (Å²) >= 11 is 6.02. The number of aromatic nitrogens is 2. The molecule has 2 heterocycles. The van der Waals surface area contributed by atoms with E-state index in [-0.39, 0.29) is 6.79 Å².